The highest BCUT2D eigenvalue weighted by atomic mass is 16.2. The zero-order chi connectivity index (χ0) is 15.1. The second kappa shape index (κ2) is 8.15. The molecule has 0 unspecified atom stereocenters. The van der Waals surface area contributed by atoms with Gasteiger partial charge in [-0.05, 0) is 44.7 Å². The SMILES string of the molecule is CN(CC(=O)NCCc1ccccc1)C1CCC(N)CC1. The molecule has 1 saturated carbocycles. The van der Waals surface area contributed by atoms with Crippen LogP contribution in [0.15, 0.2) is 30.3 Å². The summed E-state index contributed by atoms with van der Waals surface area (Å²) in [4.78, 5) is 14.1. The third-order valence-electron chi connectivity index (χ3n) is 4.34. The molecule has 0 bridgehead atoms. The van der Waals surface area contributed by atoms with E-state index in [-0.39, 0.29) is 5.91 Å². The van der Waals surface area contributed by atoms with Crippen molar-refractivity contribution in [3.05, 3.63) is 35.9 Å². The molecule has 1 aromatic carbocycles. The number of carbonyl (C=O) groups is 1. The lowest BCUT2D eigenvalue weighted by Gasteiger charge is -2.33. The molecule has 1 fully saturated rings. The topological polar surface area (TPSA) is 58.4 Å². The van der Waals surface area contributed by atoms with Gasteiger partial charge in [-0.15, -0.1) is 0 Å². The van der Waals surface area contributed by atoms with Gasteiger partial charge in [0.05, 0.1) is 6.54 Å². The van der Waals surface area contributed by atoms with E-state index in [0.29, 0.717) is 25.2 Å². The number of likely N-dealkylation sites (N-methyl/N-ethyl adjacent to an activating group) is 1. The first-order valence-corrected chi connectivity index (χ1v) is 7.91. The van der Waals surface area contributed by atoms with Crippen molar-refractivity contribution < 1.29 is 4.79 Å². The minimum absolute atomic E-state index is 0.114. The van der Waals surface area contributed by atoms with E-state index >= 15 is 0 Å². The predicted molar refractivity (Wildman–Crippen MR) is 86.0 cm³/mol. The number of nitrogens with one attached hydrogen (secondary N) is 1. The lowest BCUT2D eigenvalue weighted by atomic mass is 9.91. The van der Waals surface area contributed by atoms with Crippen LogP contribution in [0.5, 0.6) is 0 Å². The molecular formula is C17H27N3O. The molecule has 1 aliphatic carbocycles. The van der Waals surface area contributed by atoms with Gasteiger partial charge in [-0.1, -0.05) is 30.3 Å². The largest absolute Gasteiger partial charge is 0.355 e. The molecule has 0 heterocycles. The Morgan fingerprint density at radius 1 is 1.24 bits per heavy atom. The standard InChI is InChI=1S/C17H27N3O/c1-20(16-9-7-15(18)8-10-16)13-17(21)19-12-11-14-5-3-2-4-6-14/h2-6,15-16H,7-13,18H2,1H3,(H,19,21). The second-order valence-electron chi connectivity index (χ2n) is 6.07. The zero-order valence-corrected chi connectivity index (χ0v) is 12.9. The first kappa shape index (κ1) is 16.0. The summed E-state index contributed by atoms with van der Waals surface area (Å²) in [5.41, 5.74) is 7.18. The third kappa shape index (κ3) is 5.48. The van der Waals surface area contributed by atoms with Crippen LogP contribution in [0.3, 0.4) is 0 Å². The maximum absolute atomic E-state index is 12.0. The average molecular weight is 289 g/mol. The van der Waals surface area contributed by atoms with Crippen molar-refractivity contribution in [3.8, 4) is 0 Å². The molecule has 0 spiro atoms. The van der Waals surface area contributed by atoms with Crippen molar-refractivity contribution in [1.29, 1.82) is 0 Å². The van der Waals surface area contributed by atoms with E-state index in [4.69, 9.17) is 5.73 Å². The molecule has 0 aromatic heterocycles. The third-order valence-corrected chi connectivity index (χ3v) is 4.34. The summed E-state index contributed by atoms with van der Waals surface area (Å²) in [6.07, 6.45) is 5.24. The van der Waals surface area contributed by atoms with E-state index in [2.05, 4.69) is 22.3 Å². The Kier molecular flexibility index (Phi) is 6.21. The Bertz CT molecular complexity index is 427. The smallest absolute Gasteiger partial charge is 0.234 e. The number of amides is 1. The van der Waals surface area contributed by atoms with Gasteiger partial charge in [-0.25, -0.2) is 0 Å². The fourth-order valence-electron chi connectivity index (χ4n) is 2.94. The fraction of sp³-hybridized carbons (Fsp3) is 0.588. The molecule has 21 heavy (non-hydrogen) atoms. The molecule has 1 aliphatic rings. The number of benzene rings is 1. The Morgan fingerprint density at radius 2 is 1.90 bits per heavy atom. The Labute approximate surface area is 127 Å². The van der Waals surface area contributed by atoms with Crippen LogP contribution in [0.2, 0.25) is 0 Å². The molecule has 2 rings (SSSR count). The number of carbonyl (C=O) groups excluding carboxylic acids is 1. The molecule has 0 atom stereocenters. The van der Waals surface area contributed by atoms with E-state index < -0.39 is 0 Å². The lowest BCUT2D eigenvalue weighted by molar-refractivity contribution is -0.122. The van der Waals surface area contributed by atoms with Gasteiger partial charge < -0.3 is 11.1 Å². The van der Waals surface area contributed by atoms with Crippen molar-refractivity contribution in [2.45, 2.75) is 44.2 Å². The highest BCUT2D eigenvalue weighted by Crippen LogP contribution is 2.20. The van der Waals surface area contributed by atoms with E-state index in [0.717, 1.165) is 32.1 Å². The summed E-state index contributed by atoms with van der Waals surface area (Å²) in [5, 5.41) is 3.00. The second-order valence-corrected chi connectivity index (χ2v) is 6.07. The van der Waals surface area contributed by atoms with Crippen LogP contribution >= 0.6 is 0 Å². The van der Waals surface area contributed by atoms with Gasteiger partial charge in [0, 0.05) is 18.6 Å². The van der Waals surface area contributed by atoms with Gasteiger partial charge in [-0.2, -0.15) is 0 Å². The first-order valence-electron chi connectivity index (χ1n) is 7.91. The van der Waals surface area contributed by atoms with E-state index in [1.807, 2.05) is 25.2 Å². The maximum atomic E-state index is 12.0. The highest BCUT2D eigenvalue weighted by molar-refractivity contribution is 5.78. The molecule has 1 aromatic rings. The number of nitrogens with zero attached hydrogens (tertiary/aromatic N) is 1. The van der Waals surface area contributed by atoms with E-state index in [9.17, 15) is 4.79 Å². The van der Waals surface area contributed by atoms with Crippen molar-refractivity contribution in [2.75, 3.05) is 20.1 Å². The number of hydrogen-bond acceptors (Lipinski definition) is 3. The summed E-state index contributed by atoms with van der Waals surface area (Å²) >= 11 is 0. The van der Waals surface area contributed by atoms with Crippen molar-refractivity contribution in [1.82, 2.24) is 10.2 Å². The molecule has 0 radical (unpaired) electrons. The zero-order valence-electron chi connectivity index (χ0n) is 12.9. The van der Waals surface area contributed by atoms with Gasteiger partial charge >= 0.3 is 0 Å². The van der Waals surface area contributed by atoms with Crippen LogP contribution < -0.4 is 11.1 Å². The number of hydrogen-bond donors (Lipinski definition) is 2. The fourth-order valence-corrected chi connectivity index (χ4v) is 2.94. The van der Waals surface area contributed by atoms with Crippen LogP contribution in [0.4, 0.5) is 0 Å². The van der Waals surface area contributed by atoms with Crippen molar-refractivity contribution >= 4 is 5.91 Å². The van der Waals surface area contributed by atoms with Gasteiger partial charge in [-0.3, -0.25) is 9.69 Å². The van der Waals surface area contributed by atoms with Crippen molar-refractivity contribution in [2.24, 2.45) is 5.73 Å². The molecule has 0 saturated heterocycles. The Hall–Kier alpha value is -1.39. The van der Waals surface area contributed by atoms with Crippen molar-refractivity contribution in [3.63, 3.8) is 0 Å². The lowest BCUT2D eigenvalue weighted by Crippen LogP contribution is -2.44. The quantitative estimate of drug-likeness (QED) is 0.835. The van der Waals surface area contributed by atoms with Gasteiger partial charge in [0.25, 0.3) is 0 Å². The predicted octanol–water partition coefficient (Wildman–Crippen LogP) is 1.55. The summed E-state index contributed by atoms with van der Waals surface area (Å²) in [6.45, 7) is 1.18. The summed E-state index contributed by atoms with van der Waals surface area (Å²) in [7, 11) is 2.04. The normalized spacial score (nSPS) is 22.2. The van der Waals surface area contributed by atoms with Gasteiger partial charge in [0.15, 0.2) is 0 Å². The van der Waals surface area contributed by atoms with Gasteiger partial charge in [0.1, 0.15) is 0 Å². The summed E-state index contributed by atoms with van der Waals surface area (Å²) < 4.78 is 0. The summed E-state index contributed by atoms with van der Waals surface area (Å²) in [5.74, 6) is 0.114. The highest BCUT2D eigenvalue weighted by Gasteiger charge is 2.22. The number of nitrogens with two attached hydrogens (primary N) is 1. The maximum Gasteiger partial charge on any atom is 0.234 e. The molecule has 4 nitrogen and oxygen atoms in total. The van der Waals surface area contributed by atoms with E-state index in [1.165, 1.54) is 5.56 Å². The molecule has 3 N–H and O–H groups in total. The molecule has 0 aliphatic heterocycles. The molecular weight excluding hydrogens is 262 g/mol. The Morgan fingerprint density at radius 3 is 2.57 bits per heavy atom. The minimum atomic E-state index is 0.114. The molecule has 4 heteroatoms. The van der Waals surface area contributed by atoms with Gasteiger partial charge in [0.2, 0.25) is 5.91 Å². The van der Waals surface area contributed by atoms with Crippen LogP contribution in [-0.2, 0) is 11.2 Å². The van der Waals surface area contributed by atoms with E-state index in [1.54, 1.807) is 0 Å². The first-order chi connectivity index (χ1) is 10.1. The minimum Gasteiger partial charge on any atom is -0.355 e. The number of rotatable bonds is 6. The Balaban J connectivity index is 1.64. The molecule has 116 valence electrons. The van der Waals surface area contributed by atoms with Crippen LogP contribution in [0, 0.1) is 0 Å². The average Bonchev–Trinajstić information content (AvgIpc) is 2.49. The van der Waals surface area contributed by atoms with Crippen LogP contribution in [0.1, 0.15) is 31.2 Å². The monoisotopic (exact) mass is 289 g/mol. The molecule has 1 amide bonds. The summed E-state index contributed by atoms with van der Waals surface area (Å²) in [6, 6.07) is 11.1. The van der Waals surface area contributed by atoms with Crippen LogP contribution in [-0.4, -0.2) is 43.0 Å². The van der Waals surface area contributed by atoms with Crippen LogP contribution in [0.25, 0.3) is 0 Å².